The highest BCUT2D eigenvalue weighted by Crippen LogP contribution is 2.34. The van der Waals surface area contributed by atoms with Crippen molar-refractivity contribution in [1.82, 2.24) is 15.0 Å². The van der Waals surface area contributed by atoms with Crippen LogP contribution in [0, 0.1) is 0 Å². The van der Waals surface area contributed by atoms with Crippen LogP contribution in [0.15, 0.2) is 47.0 Å². The molecule has 4 rings (SSSR count). The molecule has 2 amide bonds. The molecular weight excluding hydrogens is 428 g/mol. The summed E-state index contributed by atoms with van der Waals surface area (Å²) in [7, 11) is 1.63. The van der Waals surface area contributed by atoms with Gasteiger partial charge in [-0.2, -0.15) is 4.98 Å². The molecule has 180 valence electrons. The number of carbonyl (C=O) groups excluding carboxylic acids is 1. The Morgan fingerprint density at radius 3 is 2.50 bits per heavy atom. The Morgan fingerprint density at radius 1 is 1.12 bits per heavy atom. The fraction of sp³-hybridized carbons (Fsp3) is 0.444. The fourth-order valence-corrected chi connectivity index (χ4v) is 4.52. The third-order valence-corrected chi connectivity index (χ3v) is 6.43. The van der Waals surface area contributed by atoms with Crippen molar-refractivity contribution in [2.45, 2.75) is 58.3 Å². The van der Waals surface area contributed by atoms with Crippen molar-refractivity contribution in [2.24, 2.45) is 0 Å². The maximum atomic E-state index is 13.3. The van der Waals surface area contributed by atoms with E-state index in [1.165, 1.54) is 0 Å². The Bertz CT molecular complexity index is 1110. The second kappa shape index (κ2) is 10.3. The van der Waals surface area contributed by atoms with Gasteiger partial charge in [-0.15, -0.1) is 0 Å². The summed E-state index contributed by atoms with van der Waals surface area (Å²) in [5.41, 5.74) is 4.10. The quantitative estimate of drug-likeness (QED) is 0.458. The predicted molar refractivity (Wildman–Crippen MR) is 133 cm³/mol. The standard InChI is InChI=1S/C27H34N4O3/c1-17(2)22-12-7-13-23(18(3)4)24(22)28-27(32)31-14-8-10-20(16-31)26-29-25(30-34-26)19-9-6-11-21(15-19)33-5/h6-7,9,11-13,15,17-18,20H,8,10,14,16H2,1-5H3,(H,28,32). The molecule has 34 heavy (non-hydrogen) atoms. The Balaban J connectivity index is 1.50. The number of amides is 2. The second-order valence-electron chi connectivity index (χ2n) is 9.52. The number of aromatic nitrogens is 2. The molecule has 0 radical (unpaired) electrons. The van der Waals surface area contributed by atoms with Crippen molar-refractivity contribution in [2.75, 3.05) is 25.5 Å². The van der Waals surface area contributed by atoms with E-state index in [2.05, 4.69) is 61.4 Å². The number of piperidine rings is 1. The fourth-order valence-electron chi connectivity index (χ4n) is 4.52. The Kier molecular flexibility index (Phi) is 7.20. The van der Waals surface area contributed by atoms with Gasteiger partial charge in [0, 0.05) is 24.3 Å². The van der Waals surface area contributed by atoms with Crippen LogP contribution >= 0.6 is 0 Å². The van der Waals surface area contributed by atoms with Gasteiger partial charge in [0.15, 0.2) is 0 Å². The number of para-hydroxylation sites is 1. The van der Waals surface area contributed by atoms with E-state index in [0.717, 1.165) is 41.0 Å². The molecule has 0 spiro atoms. The largest absolute Gasteiger partial charge is 0.497 e. The van der Waals surface area contributed by atoms with Crippen molar-refractivity contribution in [3.05, 3.63) is 59.5 Å². The number of likely N-dealkylation sites (tertiary alicyclic amines) is 1. The summed E-state index contributed by atoms with van der Waals surface area (Å²) in [4.78, 5) is 19.8. The van der Waals surface area contributed by atoms with Gasteiger partial charge >= 0.3 is 6.03 Å². The monoisotopic (exact) mass is 462 g/mol. The molecule has 0 aliphatic carbocycles. The van der Waals surface area contributed by atoms with Crippen LogP contribution in [0.2, 0.25) is 0 Å². The van der Waals surface area contributed by atoms with Crippen LogP contribution in [0.5, 0.6) is 5.75 Å². The van der Waals surface area contributed by atoms with Crippen molar-refractivity contribution in [3.63, 3.8) is 0 Å². The molecule has 1 aliphatic rings. The lowest BCUT2D eigenvalue weighted by Gasteiger charge is -2.32. The topological polar surface area (TPSA) is 80.5 Å². The van der Waals surface area contributed by atoms with Crippen molar-refractivity contribution < 1.29 is 14.1 Å². The Labute approximate surface area is 201 Å². The predicted octanol–water partition coefficient (Wildman–Crippen LogP) is 6.40. The van der Waals surface area contributed by atoms with Crippen molar-refractivity contribution >= 4 is 11.7 Å². The van der Waals surface area contributed by atoms with E-state index >= 15 is 0 Å². The number of benzene rings is 2. The molecule has 0 bridgehead atoms. The molecular formula is C27H34N4O3. The highest BCUT2D eigenvalue weighted by molar-refractivity contribution is 5.91. The number of rotatable bonds is 6. The average Bonchev–Trinajstić information content (AvgIpc) is 3.34. The zero-order valence-corrected chi connectivity index (χ0v) is 20.7. The minimum Gasteiger partial charge on any atom is -0.497 e. The van der Waals surface area contributed by atoms with Crippen molar-refractivity contribution in [3.8, 4) is 17.1 Å². The summed E-state index contributed by atoms with van der Waals surface area (Å²) >= 11 is 0. The maximum Gasteiger partial charge on any atom is 0.321 e. The first-order valence-electron chi connectivity index (χ1n) is 12.0. The molecule has 1 aromatic heterocycles. The van der Waals surface area contributed by atoms with Gasteiger partial charge in [-0.1, -0.05) is 63.2 Å². The molecule has 1 saturated heterocycles. The molecule has 0 saturated carbocycles. The van der Waals surface area contributed by atoms with Crippen molar-refractivity contribution in [1.29, 1.82) is 0 Å². The number of nitrogens with zero attached hydrogens (tertiary/aromatic N) is 3. The first-order chi connectivity index (χ1) is 16.4. The SMILES string of the molecule is COc1cccc(-c2noc(C3CCCN(C(=O)Nc4c(C(C)C)cccc4C(C)C)C3)n2)c1. The first kappa shape index (κ1) is 23.8. The minimum atomic E-state index is -0.0766. The Morgan fingerprint density at radius 2 is 1.82 bits per heavy atom. The average molecular weight is 463 g/mol. The van der Waals surface area contributed by atoms with Gasteiger partial charge in [-0.25, -0.2) is 4.79 Å². The number of hydrogen-bond acceptors (Lipinski definition) is 5. The van der Waals surface area contributed by atoms with Gasteiger partial charge in [0.2, 0.25) is 11.7 Å². The van der Waals surface area contributed by atoms with E-state index < -0.39 is 0 Å². The summed E-state index contributed by atoms with van der Waals surface area (Å²) in [6.07, 6.45) is 1.79. The smallest absolute Gasteiger partial charge is 0.321 e. The van der Waals surface area contributed by atoms with E-state index in [4.69, 9.17) is 9.26 Å². The molecule has 1 aliphatic heterocycles. The normalized spacial score (nSPS) is 16.2. The van der Waals surface area contributed by atoms with Crippen LogP contribution in [0.3, 0.4) is 0 Å². The zero-order chi connectivity index (χ0) is 24.2. The number of urea groups is 1. The number of carbonyl (C=O) groups is 1. The summed E-state index contributed by atoms with van der Waals surface area (Å²) in [6.45, 7) is 9.87. The third-order valence-electron chi connectivity index (χ3n) is 6.43. The van der Waals surface area contributed by atoms with Crippen LogP contribution < -0.4 is 10.1 Å². The van der Waals surface area contributed by atoms with Gasteiger partial charge in [0.1, 0.15) is 5.75 Å². The molecule has 3 aromatic rings. The molecule has 1 unspecified atom stereocenters. The number of methoxy groups -OCH3 is 1. The summed E-state index contributed by atoms with van der Waals surface area (Å²) < 4.78 is 10.9. The van der Waals surface area contributed by atoms with E-state index in [-0.39, 0.29) is 11.9 Å². The number of hydrogen-bond donors (Lipinski definition) is 1. The Hall–Kier alpha value is -3.35. The van der Waals surface area contributed by atoms with Gasteiger partial charge in [-0.05, 0) is 47.9 Å². The lowest BCUT2D eigenvalue weighted by molar-refractivity contribution is 0.184. The molecule has 1 atom stereocenters. The highest BCUT2D eigenvalue weighted by atomic mass is 16.5. The van der Waals surface area contributed by atoms with E-state index in [1.54, 1.807) is 7.11 Å². The van der Waals surface area contributed by atoms with Crippen LogP contribution in [-0.4, -0.2) is 41.3 Å². The van der Waals surface area contributed by atoms with Gasteiger partial charge < -0.3 is 19.5 Å². The number of anilines is 1. The van der Waals surface area contributed by atoms with Gasteiger partial charge in [0.05, 0.1) is 13.0 Å². The lowest BCUT2D eigenvalue weighted by atomic mass is 9.92. The molecule has 7 nitrogen and oxygen atoms in total. The molecule has 1 N–H and O–H groups in total. The maximum absolute atomic E-state index is 13.3. The lowest BCUT2D eigenvalue weighted by Crippen LogP contribution is -2.42. The molecule has 2 aromatic carbocycles. The molecule has 2 heterocycles. The van der Waals surface area contributed by atoms with Crippen LogP contribution in [0.4, 0.5) is 10.5 Å². The minimum absolute atomic E-state index is 0.0104. The third kappa shape index (κ3) is 5.08. The molecule has 1 fully saturated rings. The van der Waals surface area contributed by atoms with E-state index in [1.807, 2.05) is 29.2 Å². The van der Waals surface area contributed by atoms with Gasteiger partial charge in [0.25, 0.3) is 0 Å². The van der Waals surface area contributed by atoms with Crippen LogP contribution in [0.25, 0.3) is 11.4 Å². The molecule has 7 heteroatoms. The summed E-state index contributed by atoms with van der Waals surface area (Å²) in [6, 6.07) is 13.8. The van der Waals surface area contributed by atoms with E-state index in [0.29, 0.717) is 36.6 Å². The summed E-state index contributed by atoms with van der Waals surface area (Å²) in [5, 5.41) is 7.41. The second-order valence-corrected chi connectivity index (χ2v) is 9.52. The highest BCUT2D eigenvalue weighted by Gasteiger charge is 2.29. The van der Waals surface area contributed by atoms with Gasteiger partial charge in [-0.3, -0.25) is 0 Å². The zero-order valence-electron chi connectivity index (χ0n) is 20.7. The summed E-state index contributed by atoms with van der Waals surface area (Å²) in [5.74, 6) is 2.49. The number of ether oxygens (including phenoxy) is 1. The first-order valence-corrected chi connectivity index (χ1v) is 12.0. The number of nitrogens with one attached hydrogen (secondary N) is 1. The van der Waals surface area contributed by atoms with E-state index in [9.17, 15) is 4.79 Å². The van der Waals surface area contributed by atoms with Crippen LogP contribution in [-0.2, 0) is 0 Å². The van der Waals surface area contributed by atoms with Crippen LogP contribution in [0.1, 0.15) is 75.3 Å².